The van der Waals surface area contributed by atoms with Gasteiger partial charge in [-0.1, -0.05) is 6.92 Å². The van der Waals surface area contributed by atoms with Crippen LogP contribution in [0.1, 0.15) is 41.5 Å². The first kappa shape index (κ1) is 13.9. The van der Waals surface area contributed by atoms with Crippen LogP contribution in [-0.2, 0) is 6.42 Å². The largest absolute Gasteiger partial charge is 0.334 e. The molecule has 1 aliphatic rings. The summed E-state index contributed by atoms with van der Waals surface area (Å²) >= 11 is 0. The van der Waals surface area contributed by atoms with Crippen LogP contribution < -0.4 is 5.32 Å². The highest BCUT2D eigenvalue weighted by molar-refractivity contribution is 5.95. The lowest BCUT2D eigenvalue weighted by molar-refractivity contribution is 0.0735. The molecule has 104 valence electrons. The van der Waals surface area contributed by atoms with E-state index in [1.54, 1.807) is 0 Å². The minimum absolute atomic E-state index is 0.104. The Morgan fingerprint density at radius 3 is 3.00 bits per heavy atom. The molecule has 2 rings (SSSR count). The molecule has 1 saturated heterocycles. The van der Waals surface area contributed by atoms with Crippen molar-refractivity contribution in [1.29, 1.82) is 0 Å². The van der Waals surface area contributed by atoms with E-state index in [9.17, 15) is 4.79 Å². The lowest BCUT2D eigenvalue weighted by Crippen LogP contribution is -2.41. The van der Waals surface area contributed by atoms with Crippen molar-refractivity contribution in [3.8, 4) is 0 Å². The highest BCUT2D eigenvalue weighted by atomic mass is 16.2. The Morgan fingerprint density at radius 2 is 2.32 bits per heavy atom. The molecule has 1 unspecified atom stereocenters. The highest BCUT2D eigenvalue weighted by Crippen LogP contribution is 2.21. The van der Waals surface area contributed by atoms with Gasteiger partial charge in [0, 0.05) is 19.1 Å². The summed E-state index contributed by atoms with van der Waals surface area (Å²) in [5.41, 5.74) is 2.31. The molecule has 0 radical (unpaired) electrons. The summed E-state index contributed by atoms with van der Waals surface area (Å²) in [5.74, 6) is 0.104. The Hall–Kier alpha value is -1.49. The molecule has 1 aliphatic heterocycles. The van der Waals surface area contributed by atoms with Crippen molar-refractivity contribution in [2.75, 3.05) is 20.1 Å². The monoisotopic (exact) mass is 262 g/mol. The number of carbonyl (C=O) groups is 1. The Bertz CT molecular complexity index is 461. The van der Waals surface area contributed by atoms with Crippen molar-refractivity contribution < 1.29 is 4.79 Å². The Labute approximate surface area is 114 Å². The molecule has 1 aromatic heterocycles. The van der Waals surface area contributed by atoms with Gasteiger partial charge in [0.05, 0.1) is 17.0 Å². The summed E-state index contributed by atoms with van der Waals surface area (Å²) in [5, 5.41) is 11.4. The van der Waals surface area contributed by atoms with Gasteiger partial charge in [0.1, 0.15) is 0 Å². The first-order valence-electron chi connectivity index (χ1n) is 6.96. The third kappa shape index (κ3) is 2.92. The van der Waals surface area contributed by atoms with Gasteiger partial charge in [-0.3, -0.25) is 4.79 Å². The quantitative estimate of drug-likeness (QED) is 0.885. The molecule has 2 heterocycles. The van der Waals surface area contributed by atoms with E-state index in [1.807, 2.05) is 31.9 Å². The third-order valence-corrected chi connectivity index (χ3v) is 3.64. The molecule has 1 aromatic rings. The van der Waals surface area contributed by atoms with Gasteiger partial charge in [0.2, 0.25) is 0 Å². The SMILES string of the molecule is CCc1nnc(C)cc1C(=O)N1CCCC1CNC. The molecule has 0 aromatic carbocycles. The second kappa shape index (κ2) is 6.10. The predicted octanol–water partition coefficient (Wildman–Crippen LogP) is 1.17. The molecule has 1 N–H and O–H groups in total. The maximum Gasteiger partial charge on any atom is 0.256 e. The zero-order valence-electron chi connectivity index (χ0n) is 11.9. The second-order valence-electron chi connectivity index (χ2n) is 5.05. The number of likely N-dealkylation sites (N-methyl/N-ethyl adjacent to an activating group) is 1. The normalized spacial score (nSPS) is 18.9. The van der Waals surface area contributed by atoms with Gasteiger partial charge < -0.3 is 10.2 Å². The van der Waals surface area contributed by atoms with Crippen LogP contribution >= 0.6 is 0 Å². The molecule has 5 nitrogen and oxygen atoms in total. The summed E-state index contributed by atoms with van der Waals surface area (Å²) in [6.07, 6.45) is 2.89. The number of nitrogens with one attached hydrogen (secondary N) is 1. The van der Waals surface area contributed by atoms with Gasteiger partial charge >= 0.3 is 0 Å². The van der Waals surface area contributed by atoms with Crippen LogP contribution in [0.25, 0.3) is 0 Å². The average Bonchev–Trinajstić information content (AvgIpc) is 2.86. The molecule has 1 atom stereocenters. The molecule has 19 heavy (non-hydrogen) atoms. The van der Waals surface area contributed by atoms with E-state index in [0.717, 1.165) is 49.3 Å². The summed E-state index contributed by atoms with van der Waals surface area (Å²) in [6.45, 7) is 5.57. The van der Waals surface area contributed by atoms with E-state index in [0.29, 0.717) is 6.04 Å². The summed E-state index contributed by atoms with van der Waals surface area (Å²) in [7, 11) is 1.93. The van der Waals surface area contributed by atoms with Crippen LogP contribution in [0.4, 0.5) is 0 Å². The van der Waals surface area contributed by atoms with E-state index >= 15 is 0 Å². The predicted molar refractivity (Wildman–Crippen MR) is 74.1 cm³/mol. The molecule has 1 fully saturated rings. The van der Waals surface area contributed by atoms with Crippen LogP contribution in [0, 0.1) is 6.92 Å². The average molecular weight is 262 g/mol. The molecule has 5 heteroatoms. The van der Waals surface area contributed by atoms with Crippen molar-refractivity contribution in [2.24, 2.45) is 0 Å². The standard InChI is InChI=1S/C14H22N4O/c1-4-13-12(8-10(2)16-17-13)14(19)18-7-5-6-11(18)9-15-3/h8,11,15H,4-7,9H2,1-3H3. The number of rotatable bonds is 4. The van der Waals surface area contributed by atoms with Crippen molar-refractivity contribution in [3.63, 3.8) is 0 Å². The molecule has 0 spiro atoms. The van der Waals surface area contributed by atoms with Gasteiger partial charge in [-0.25, -0.2) is 0 Å². The van der Waals surface area contributed by atoms with Crippen LogP contribution in [0.2, 0.25) is 0 Å². The number of carbonyl (C=O) groups excluding carboxylic acids is 1. The zero-order valence-corrected chi connectivity index (χ0v) is 11.9. The highest BCUT2D eigenvalue weighted by Gasteiger charge is 2.30. The lowest BCUT2D eigenvalue weighted by atomic mass is 10.1. The third-order valence-electron chi connectivity index (χ3n) is 3.64. The van der Waals surface area contributed by atoms with Crippen molar-refractivity contribution >= 4 is 5.91 Å². The molecule has 0 aliphatic carbocycles. The number of nitrogens with zero attached hydrogens (tertiary/aromatic N) is 3. The van der Waals surface area contributed by atoms with E-state index in [4.69, 9.17) is 0 Å². The Balaban J connectivity index is 2.25. The number of aryl methyl sites for hydroxylation is 2. The van der Waals surface area contributed by atoms with Crippen LogP contribution in [0.5, 0.6) is 0 Å². The van der Waals surface area contributed by atoms with Crippen molar-refractivity contribution in [2.45, 2.75) is 39.2 Å². The zero-order chi connectivity index (χ0) is 13.8. The van der Waals surface area contributed by atoms with E-state index in [2.05, 4.69) is 15.5 Å². The molecule has 0 saturated carbocycles. The number of hydrogen-bond donors (Lipinski definition) is 1. The van der Waals surface area contributed by atoms with Gasteiger partial charge in [-0.15, -0.1) is 0 Å². The first-order valence-corrected chi connectivity index (χ1v) is 6.96. The Kier molecular flexibility index (Phi) is 4.47. The van der Waals surface area contributed by atoms with Gasteiger partial charge in [0.25, 0.3) is 5.91 Å². The van der Waals surface area contributed by atoms with E-state index < -0.39 is 0 Å². The van der Waals surface area contributed by atoms with Gasteiger partial charge in [-0.2, -0.15) is 10.2 Å². The van der Waals surface area contributed by atoms with Crippen LogP contribution in [0.15, 0.2) is 6.07 Å². The topological polar surface area (TPSA) is 58.1 Å². The van der Waals surface area contributed by atoms with Gasteiger partial charge in [0.15, 0.2) is 0 Å². The fourth-order valence-electron chi connectivity index (χ4n) is 2.67. The Morgan fingerprint density at radius 1 is 1.53 bits per heavy atom. The van der Waals surface area contributed by atoms with Crippen molar-refractivity contribution in [3.05, 3.63) is 23.0 Å². The summed E-state index contributed by atoms with van der Waals surface area (Å²) in [6, 6.07) is 2.17. The van der Waals surface area contributed by atoms with Crippen molar-refractivity contribution in [1.82, 2.24) is 20.4 Å². The van der Waals surface area contributed by atoms with E-state index in [-0.39, 0.29) is 5.91 Å². The first-order chi connectivity index (χ1) is 9.17. The number of amides is 1. The molecule has 1 amide bonds. The molecular weight excluding hydrogens is 240 g/mol. The summed E-state index contributed by atoms with van der Waals surface area (Å²) in [4.78, 5) is 14.7. The second-order valence-corrected chi connectivity index (χ2v) is 5.05. The lowest BCUT2D eigenvalue weighted by Gasteiger charge is -2.25. The van der Waals surface area contributed by atoms with Crippen LogP contribution in [-0.4, -0.2) is 47.2 Å². The molecule has 0 bridgehead atoms. The molecular formula is C14H22N4O. The maximum atomic E-state index is 12.7. The summed E-state index contributed by atoms with van der Waals surface area (Å²) < 4.78 is 0. The fourth-order valence-corrected chi connectivity index (χ4v) is 2.67. The van der Waals surface area contributed by atoms with E-state index in [1.165, 1.54) is 0 Å². The minimum atomic E-state index is 0.104. The number of likely N-dealkylation sites (tertiary alicyclic amines) is 1. The smallest absolute Gasteiger partial charge is 0.256 e. The number of aromatic nitrogens is 2. The minimum Gasteiger partial charge on any atom is -0.334 e. The van der Waals surface area contributed by atoms with Gasteiger partial charge in [-0.05, 0) is 39.3 Å². The maximum absolute atomic E-state index is 12.7. The fraction of sp³-hybridized carbons (Fsp3) is 0.643. The van der Waals surface area contributed by atoms with Crippen LogP contribution in [0.3, 0.4) is 0 Å². The number of hydrogen-bond acceptors (Lipinski definition) is 4.